The molecule has 62 valence electrons. The number of hydrogen-bond acceptors (Lipinski definition) is 3. The van der Waals surface area contributed by atoms with Gasteiger partial charge in [0.15, 0.2) is 5.65 Å². The Morgan fingerprint density at radius 2 is 2.25 bits per heavy atom. The zero-order valence-electron chi connectivity index (χ0n) is 6.45. The average Bonchev–Trinajstić information content (AvgIpc) is 2.41. The van der Waals surface area contributed by atoms with Gasteiger partial charge < -0.3 is 5.73 Å². The number of rotatable bonds is 0. The van der Waals surface area contributed by atoms with Gasteiger partial charge in [-0.05, 0) is 30.7 Å². The van der Waals surface area contributed by atoms with Crippen molar-refractivity contribution >= 4 is 22.9 Å². The maximum atomic E-state index is 5.66. The van der Waals surface area contributed by atoms with Gasteiger partial charge in [-0.3, -0.25) is 0 Å². The highest BCUT2D eigenvalue weighted by molar-refractivity contribution is 6.28. The predicted octanol–water partition coefficient (Wildman–Crippen LogP) is 1.27. The number of pyridine rings is 1. The van der Waals surface area contributed by atoms with Crippen LogP contribution >= 0.6 is 11.6 Å². The lowest BCUT2D eigenvalue weighted by atomic mass is 10.3. The van der Waals surface area contributed by atoms with Crippen LogP contribution in [0.5, 0.6) is 0 Å². The number of nitrogen functional groups attached to an aromatic ring is 1. The Hall–Kier alpha value is -1.29. The van der Waals surface area contributed by atoms with Crippen molar-refractivity contribution in [2.24, 2.45) is 0 Å². The van der Waals surface area contributed by atoms with E-state index in [4.69, 9.17) is 17.3 Å². The zero-order valence-corrected chi connectivity index (χ0v) is 7.21. The second-order valence-electron chi connectivity index (χ2n) is 2.55. The molecule has 0 saturated heterocycles. The summed E-state index contributed by atoms with van der Waals surface area (Å²) in [7, 11) is 0. The highest BCUT2D eigenvalue weighted by Gasteiger charge is 2.05. The number of hydrogen-bond donors (Lipinski definition) is 1. The average molecular weight is 183 g/mol. The molecule has 2 aromatic heterocycles. The fraction of sp³-hybridized carbons (Fsp3) is 0.143. The van der Waals surface area contributed by atoms with E-state index in [-0.39, 0.29) is 5.28 Å². The molecule has 0 aromatic carbocycles. The summed E-state index contributed by atoms with van der Waals surface area (Å²) < 4.78 is 1.62. The van der Waals surface area contributed by atoms with Gasteiger partial charge in [0.1, 0.15) is 0 Å². The molecule has 0 atom stereocenters. The zero-order chi connectivity index (χ0) is 8.72. The molecule has 2 aromatic rings. The monoisotopic (exact) mass is 182 g/mol. The summed E-state index contributed by atoms with van der Waals surface area (Å²) in [5.41, 5.74) is 7.81. The third-order valence-corrected chi connectivity index (χ3v) is 1.84. The van der Waals surface area contributed by atoms with Gasteiger partial charge in [-0.15, -0.1) is 5.10 Å². The number of nitrogens with zero attached hydrogens (tertiary/aromatic N) is 3. The van der Waals surface area contributed by atoms with E-state index in [1.807, 2.05) is 13.0 Å². The molecule has 0 bridgehead atoms. The van der Waals surface area contributed by atoms with Crippen LogP contribution in [0.15, 0.2) is 12.1 Å². The van der Waals surface area contributed by atoms with Crippen LogP contribution in [-0.4, -0.2) is 14.6 Å². The maximum Gasteiger partial charge on any atom is 0.243 e. The molecule has 0 amide bonds. The summed E-state index contributed by atoms with van der Waals surface area (Å²) in [6.45, 7) is 1.91. The summed E-state index contributed by atoms with van der Waals surface area (Å²) in [6, 6.07) is 3.66. The smallest absolute Gasteiger partial charge is 0.243 e. The molecule has 0 saturated carbocycles. The fourth-order valence-electron chi connectivity index (χ4n) is 1.08. The standard InChI is InChI=1S/C7H7ClN4/c1-4-2-3-5(9)6-10-7(8)11-12(4)6/h2-3H,9H2,1H3. The topological polar surface area (TPSA) is 56.2 Å². The molecule has 0 unspecified atom stereocenters. The number of nitrogens with two attached hydrogens (primary N) is 1. The van der Waals surface area contributed by atoms with E-state index < -0.39 is 0 Å². The molecule has 0 aliphatic rings. The number of halogens is 1. The summed E-state index contributed by atoms with van der Waals surface area (Å²) in [4.78, 5) is 3.97. The number of aromatic nitrogens is 3. The van der Waals surface area contributed by atoms with Crippen LogP contribution in [-0.2, 0) is 0 Å². The second-order valence-corrected chi connectivity index (χ2v) is 2.88. The van der Waals surface area contributed by atoms with Crippen molar-refractivity contribution < 1.29 is 0 Å². The van der Waals surface area contributed by atoms with E-state index in [9.17, 15) is 0 Å². The Balaban J connectivity index is 2.93. The van der Waals surface area contributed by atoms with E-state index in [1.54, 1.807) is 10.6 Å². The molecule has 0 aliphatic carbocycles. The van der Waals surface area contributed by atoms with Crippen molar-refractivity contribution in [1.29, 1.82) is 0 Å². The van der Waals surface area contributed by atoms with Gasteiger partial charge in [0, 0.05) is 5.69 Å². The van der Waals surface area contributed by atoms with Gasteiger partial charge in [0.05, 0.1) is 5.69 Å². The van der Waals surface area contributed by atoms with Gasteiger partial charge in [-0.1, -0.05) is 0 Å². The molecule has 0 radical (unpaired) electrons. The van der Waals surface area contributed by atoms with Crippen LogP contribution < -0.4 is 5.73 Å². The Bertz CT molecular complexity index is 395. The van der Waals surface area contributed by atoms with Gasteiger partial charge in [0.25, 0.3) is 0 Å². The summed E-state index contributed by atoms with van der Waals surface area (Å²) in [5.74, 6) is 0. The first-order valence-electron chi connectivity index (χ1n) is 3.46. The van der Waals surface area contributed by atoms with Crippen molar-refractivity contribution in [3.63, 3.8) is 0 Å². The Kier molecular flexibility index (Phi) is 1.44. The van der Waals surface area contributed by atoms with Crippen molar-refractivity contribution in [2.75, 3.05) is 5.73 Å². The molecule has 2 rings (SSSR count). The number of anilines is 1. The molecular weight excluding hydrogens is 176 g/mol. The number of fused-ring (bicyclic) bond motifs is 1. The lowest BCUT2D eigenvalue weighted by molar-refractivity contribution is 0.916. The quantitative estimate of drug-likeness (QED) is 0.668. The van der Waals surface area contributed by atoms with Crippen molar-refractivity contribution in [1.82, 2.24) is 14.6 Å². The minimum atomic E-state index is 0.219. The molecule has 12 heavy (non-hydrogen) atoms. The van der Waals surface area contributed by atoms with Crippen LogP contribution in [0.25, 0.3) is 5.65 Å². The Morgan fingerprint density at radius 1 is 1.50 bits per heavy atom. The summed E-state index contributed by atoms with van der Waals surface area (Å²) >= 11 is 5.63. The second kappa shape index (κ2) is 2.35. The largest absolute Gasteiger partial charge is 0.396 e. The van der Waals surface area contributed by atoms with Gasteiger partial charge in [0.2, 0.25) is 5.28 Å². The maximum absolute atomic E-state index is 5.66. The van der Waals surface area contributed by atoms with E-state index in [0.29, 0.717) is 11.3 Å². The van der Waals surface area contributed by atoms with Crippen LogP contribution in [0.2, 0.25) is 5.28 Å². The fourth-order valence-corrected chi connectivity index (χ4v) is 1.23. The molecule has 0 spiro atoms. The van der Waals surface area contributed by atoms with Gasteiger partial charge in [-0.2, -0.15) is 4.98 Å². The SMILES string of the molecule is Cc1ccc(N)c2nc(Cl)nn12. The lowest BCUT2D eigenvalue weighted by Crippen LogP contribution is -1.96. The van der Waals surface area contributed by atoms with Crippen LogP contribution in [0.1, 0.15) is 5.69 Å². The Labute approximate surface area is 74.0 Å². The van der Waals surface area contributed by atoms with E-state index in [2.05, 4.69) is 10.1 Å². The van der Waals surface area contributed by atoms with Crippen LogP contribution in [0, 0.1) is 6.92 Å². The van der Waals surface area contributed by atoms with Crippen molar-refractivity contribution in [2.45, 2.75) is 6.92 Å². The van der Waals surface area contributed by atoms with Crippen LogP contribution in [0.3, 0.4) is 0 Å². The molecule has 4 nitrogen and oxygen atoms in total. The minimum Gasteiger partial charge on any atom is -0.396 e. The van der Waals surface area contributed by atoms with E-state index in [0.717, 1.165) is 5.69 Å². The summed E-state index contributed by atoms with van der Waals surface area (Å²) in [6.07, 6.45) is 0. The van der Waals surface area contributed by atoms with Crippen molar-refractivity contribution in [3.05, 3.63) is 23.1 Å². The molecular formula is C7H7ClN4. The molecule has 2 N–H and O–H groups in total. The highest BCUT2D eigenvalue weighted by Crippen LogP contribution is 2.14. The van der Waals surface area contributed by atoms with E-state index in [1.165, 1.54) is 0 Å². The predicted molar refractivity (Wildman–Crippen MR) is 47.1 cm³/mol. The van der Waals surface area contributed by atoms with Crippen LogP contribution in [0.4, 0.5) is 5.69 Å². The van der Waals surface area contributed by atoms with Crippen molar-refractivity contribution in [3.8, 4) is 0 Å². The van der Waals surface area contributed by atoms with E-state index >= 15 is 0 Å². The highest BCUT2D eigenvalue weighted by atomic mass is 35.5. The normalized spacial score (nSPS) is 10.8. The minimum absolute atomic E-state index is 0.219. The molecule has 0 aliphatic heterocycles. The number of aryl methyl sites for hydroxylation is 1. The van der Waals surface area contributed by atoms with Gasteiger partial charge in [-0.25, -0.2) is 4.52 Å². The Morgan fingerprint density at radius 3 is 2.92 bits per heavy atom. The van der Waals surface area contributed by atoms with Gasteiger partial charge >= 0.3 is 0 Å². The first-order valence-corrected chi connectivity index (χ1v) is 3.83. The third kappa shape index (κ3) is 0.921. The lowest BCUT2D eigenvalue weighted by Gasteiger charge is -1.98. The third-order valence-electron chi connectivity index (χ3n) is 1.68. The molecule has 0 fully saturated rings. The molecule has 5 heteroatoms. The first kappa shape index (κ1) is 7.36. The summed E-state index contributed by atoms with van der Waals surface area (Å²) in [5, 5.41) is 4.18. The first-order chi connectivity index (χ1) is 5.68. The molecule has 2 heterocycles.